The number of hydrogen-bond acceptors (Lipinski definition) is 3. The number of aromatic nitrogens is 1. The van der Waals surface area contributed by atoms with Gasteiger partial charge in [0.05, 0.1) is 5.69 Å². The van der Waals surface area contributed by atoms with E-state index in [0.29, 0.717) is 11.8 Å². The quantitative estimate of drug-likeness (QED) is 0.779. The van der Waals surface area contributed by atoms with Gasteiger partial charge in [0.1, 0.15) is 6.26 Å². The molecule has 3 nitrogen and oxygen atoms in total. The molecule has 1 aromatic heterocycles. The maximum atomic E-state index is 5.57. The van der Waals surface area contributed by atoms with Crippen LogP contribution in [0.5, 0.6) is 0 Å². The molecule has 1 saturated carbocycles. The molecule has 3 heteroatoms. The van der Waals surface area contributed by atoms with E-state index in [9.17, 15) is 0 Å². The standard InChI is InChI=1S/C11H16N2O/c1-2-4-8(3-1)11-13-10(7-14-11)9-5-12-6-9/h7-9,12H,1-6H2. The molecule has 3 rings (SSSR count). The zero-order chi connectivity index (χ0) is 9.38. The average molecular weight is 192 g/mol. The van der Waals surface area contributed by atoms with Crippen molar-refractivity contribution < 1.29 is 4.42 Å². The average Bonchev–Trinajstić information content (AvgIpc) is 2.65. The Morgan fingerprint density at radius 1 is 1.21 bits per heavy atom. The molecule has 0 spiro atoms. The van der Waals surface area contributed by atoms with Crippen LogP contribution in [0.4, 0.5) is 0 Å². The molecule has 1 saturated heterocycles. The van der Waals surface area contributed by atoms with Gasteiger partial charge in [0.15, 0.2) is 5.89 Å². The van der Waals surface area contributed by atoms with Gasteiger partial charge < -0.3 is 9.73 Å². The van der Waals surface area contributed by atoms with Crippen LogP contribution in [0, 0.1) is 0 Å². The molecule has 1 N–H and O–H groups in total. The van der Waals surface area contributed by atoms with Gasteiger partial charge in [-0.15, -0.1) is 0 Å². The highest BCUT2D eigenvalue weighted by Crippen LogP contribution is 2.34. The molecule has 0 atom stereocenters. The van der Waals surface area contributed by atoms with Crippen LogP contribution in [-0.2, 0) is 0 Å². The summed E-state index contributed by atoms with van der Waals surface area (Å²) in [5.41, 5.74) is 1.16. The van der Waals surface area contributed by atoms with E-state index < -0.39 is 0 Å². The van der Waals surface area contributed by atoms with Crippen molar-refractivity contribution in [3.05, 3.63) is 17.8 Å². The Bertz CT molecular complexity index is 311. The first-order valence-corrected chi connectivity index (χ1v) is 5.59. The van der Waals surface area contributed by atoms with Gasteiger partial charge >= 0.3 is 0 Å². The predicted octanol–water partition coefficient (Wildman–Crippen LogP) is 2.02. The third-order valence-electron chi connectivity index (χ3n) is 3.44. The minimum absolute atomic E-state index is 0.605. The van der Waals surface area contributed by atoms with E-state index >= 15 is 0 Å². The highest BCUT2D eigenvalue weighted by molar-refractivity contribution is 5.11. The minimum Gasteiger partial charge on any atom is -0.448 e. The van der Waals surface area contributed by atoms with E-state index in [0.717, 1.165) is 24.7 Å². The number of rotatable bonds is 2. The maximum absolute atomic E-state index is 5.57. The van der Waals surface area contributed by atoms with Crippen molar-refractivity contribution in [2.75, 3.05) is 13.1 Å². The molecule has 1 aliphatic carbocycles. The van der Waals surface area contributed by atoms with Crippen LogP contribution in [0.15, 0.2) is 10.7 Å². The normalized spacial score (nSPS) is 24.0. The minimum atomic E-state index is 0.605. The molecule has 14 heavy (non-hydrogen) atoms. The smallest absolute Gasteiger partial charge is 0.197 e. The zero-order valence-corrected chi connectivity index (χ0v) is 8.33. The van der Waals surface area contributed by atoms with Crippen molar-refractivity contribution in [3.63, 3.8) is 0 Å². The van der Waals surface area contributed by atoms with Crippen molar-refractivity contribution in [2.45, 2.75) is 37.5 Å². The Kier molecular flexibility index (Phi) is 2.05. The van der Waals surface area contributed by atoms with Gasteiger partial charge in [-0.1, -0.05) is 12.8 Å². The highest BCUT2D eigenvalue weighted by Gasteiger charge is 2.26. The second-order valence-corrected chi connectivity index (χ2v) is 4.45. The van der Waals surface area contributed by atoms with Crippen molar-refractivity contribution in [2.24, 2.45) is 0 Å². The first-order valence-electron chi connectivity index (χ1n) is 5.59. The van der Waals surface area contributed by atoms with E-state index in [1.54, 1.807) is 0 Å². The summed E-state index contributed by atoms with van der Waals surface area (Å²) >= 11 is 0. The number of nitrogens with zero attached hydrogens (tertiary/aromatic N) is 1. The van der Waals surface area contributed by atoms with Crippen molar-refractivity contribution in [3.8, 4) is 0 Å². The summed E-state index contributed by atoms with van der Waals surface area (Å²) < 4.78 is 5.57. The summed E-state index contributed by atoms with van der Waals surface area (Å²) in [6, 6.07) is 0. The van der Waals surface area contributed by atoms with Crippen molar-refractivity contribution >= 4 is 0 Å². The summed E-state index contributed by atoms with van der Waals surface area (Å²) in [6.45, 7) is 2.13. The zero-order valence-electron chi connectivity index (χ0n) is 8.33. The first kappa shape index (κ1) is 8.48. The summed E-state index contributed by atoms with van der Waals surface area (Å²) in [6.07, 6.45) is 7.08. The first-order chi connectivity index (χ1) is 6.93. The van der Waals surface area contributed by atoms with E-state index in [4.69, 9.17) is 4.42 Å². The Balaban J connectivity index is 1.75. The van der Waals surface area contributed by atoms with Gasteiger partial charge in [-0.25, -0.2) is 4.98 Å². The van der Waals surface area contributed by atoms with Gasteiger partial charge in [-0.2, -0.15) is 0 Å². The Morgan fingerprint density at radius 2 is 2.00 bits per heavy atom. The van der Waals surface area contributed by atoms with Gasteiger partial charge in [0.2, 0.25) is 0 Å². The predicted molar refractivity (Wildman–Crippen MR) is 53.3 cm³/mol. The van der Waals surface area contributed by atoms with Crippen LogP contribution in [0.1, 0.15) is 49.1 Å². The third-order valence-corrected chi connectivity index (χ3v) is 3.44. The van der Waals surface area contributed by atoms with Crippen LogP contribution < -0.4 is 5.32 Å². The Labute approximate surface area is 83.9 Å². The van der Waals surface area contributed by atoms with Crippen molar-refractivity contribution in [1.29, 1.82) is 0 Å². The third kappa shape index (κ3) is 1.36. The SMILES string of the molecule is c1oc(C2CCCC2)nc1C1CNC1. The van der Waals surface area contributed by atoms with Crippen LogP contribution in [0.25, 0.3) is 0 Å². The molecule has 0 bridgehead atoms. The molecule has 0 unspecified atom stereocenters. The Morgan fingerprint density at radius 3 is 2.64 bits per heavy atom. The van der Waals surface area contributed by atoms with Crippen LogP contribution in [0.2, 0.25) is 0 Å². The fraction of sp³-hybridized carbons (Fsp3) is 0.727. The number of oxazole rings is 1. The highest BCUT2D eigenvalue weighted by atomic mass is 16.3. The molecular weight excluding hydrogens is 176 g/mol. The lowest BCUT2D eigenvalue weighted by molar-refractivity contribution is 0.435. The molecule has 76 valence electrons. The lowest BCUT2D eigenvalue weighted by Crippen LogP contribution is -2.40. The Hall–Kier alpha value is -0.830. The van der Waals surface area contributed by atoms with Gasteiger partial charge in [-0.05, 0) is 12.8 Å². The molecule has 2 fully saturated rings. The molecule has 0 aromatic carbocycles. The van der Waals surface area contributed by atoms with E-state index in [1.807, 2.05) is 6.26 Å². The molecule has 2 aliphatic rings. The molecule has 1 aliphatic heterocycles. The number of nitrogens with one attached hydrogen (secondary N) is 1. The summed E-state index contributed by atoms with van der Waals surface area (Å²) in [7, 11) is 0. The summed E-state index contributed by atoms with van der Waals surface area (Å²) in [5.74, 6) is 2.20. The van der Waals surface area contributed by atoms with Crippen LogP contribution >= 0.6 is 0 Å². The lowest BCUT2D eigenvalue weighted by Gasteiger charge is -2.24. The molecule has 1 aromatic rings. The number of hydrogen-bond donors (Lipinski definition) is 1. The second kappa shape index (κ2) is 3.39. The molecular formula is C11H16N2O. The van der Waals surface area contributed by atoms with Crippen LogP contribution in [0.3, 0.4) is 0 Å². The van der Waals surface area contributed by atoms with E-state index in [-0.39, 0.29) is 0 Å². The summed E-state index contributed by atoms with van der Waals surface area (Å²) in [5, 5.41) is 3.26. The van der Waals surface area contributed by atoms with Crippen molar-refractivity contribution in [1.82, 2.24) is 10.3 Å². The topological polar surface area (TPSA) is 38.1 Å². The monoisotopic (exact) mass is 192 g/mol. The fourth-order valence-electron chi connectivity index (χ4n) is 2.35. The molecule has 0 amide bonds. The van der Waals surface area contributed by atoms with Gasteiger partial charge in [-0.3, -0.25) is 0 Å². The molecule has 2 heterocycles. The maximum Gasteiger partial charge on any atom is 0.197 e. The van der Waals surface area contributed by atoms with Gasteiger partial charge in [0.25, 0.3) is 0 Å². The second-order valence-electron chi connectivity index (χ2n) is 4.45. The van der Waals surface area contributed by atoms with E-state index in [2.05, 4.69) is 10.3 Å². The largest absolute Gasteiger partial charge is 0.448 e. The lowest BCUT2D eigenvalue weighted by atomic mass is 10.0. The van der Waals surface area contributed by atoms with E-state index in [1.165, 1.54) is 25.7 Å². The molecule has 0 radical (unpaired) electrons. The summed E-state index contributed by atoms with van der Waals surface area (Å²) in [4.78, 5) is 4.61. The van der Waals surface area contributed by atoms with Gasteiger partial charge in [0, 0.05) is 24.9 Å². The van der Waals surface area contributed by atoms with Crippen LogP contribution in [-0.4, -0.2) is 18.1 Å². The fourth-order valence-corrected chi connectivity index (χ4v) is 2.35.